The van der Waals surface area contributed by atoms with Crippen LogP contribution in [-0.4, -0.2) is 19.7 Å². The molecule has 3 aromatic heterocycles. The summed E-state index contributed by atoms with van der Waals surface area (Å²) in [4.78, 5) is 8.47. The molecule has 5 nitrogen and oxygen atoms in total. The molecule has 0 radical (unpaired) electrons. The molecule has 152 valence electrons. The molecule has 1 aliphatic carbocycles. The number of nitrogens with zero attached hydrogens (tertiary/aromatic N) is 4. The molecule has 1 saturated carbocycles. The van der Waals surface area contributed by atoms with E-state index in [1.165, 1.54) is 16.8 Å². The van der Waals surface area contributed by atoms with Gasteiger partial charge in [-0.05, 0) is 49.1 Å². The second-order valence-electron chi connectivity index (χ2n) is 7.52. The van der Waals surface area contributed by atoms with Crippen molar-refractivity contribution in [2.24, 2.45) is 11.7 Å². The molecule has 1 unspecified atom stereocenters. The number of alkyl halides is 3. The van der Waals surface area contributed by atoms with Crippen LogP contribution in [0.5, 0.6) is 0 Å². The first-order valence-corrected chi connectivity index (χ1v) is 9.65. The molecule has 5 rings (SSSR count). The SMILES string of the molecule is NC(c1cccc(-c2ccc3cnn(-c4cccc(C(F)(F)F)n4)c3c2)n1)C1CC1. The smallest absolute Gasteiger partial charge is 0.322 e. The quantitative estimate of drug-likeness (QED) is 0.520. The van der Waals surface area contributed by atoms with Crippen LogP contribution in [0, 0.1) is 5.92 Å². The zero-order chi connectivity index (χ0) is 20.9. The highest BCUT2D eigenvalue weighted by Crippen LogP contribution is 2.39. The van der Waals surface area contributed by atoms with Gasteiger partial charge < -0.3 is 5.73 Å². The molecule has 0 amide bonds. The van der Waals surface area contributed by atoms with E-state index in [0.717, 1.165) is 41.2 Å². The summed E-state index contributed by atoms with van der Waals surface area (Å²) in [6, 6.07) is 15.1. The minimum absolute atomic E-state index is 0.0754. The fraction of sp³-hybridized carbons (Fsp3) is 0.227. The third kappa shape index (κ3) is 3.43. The molecular formula is C22H18F3N5. The topological polar surface area (TPSA) is 69.6 Å². The molecule has 0 spiro atoms. The molecule has 1 atom stereocenters. The number of nitrogens with two attached hydrogens (primary N) is 1. The van der Waals surface area contributed by atoms with Gasteiger partial charge in [0.2, 0.25) is 0 Å². The minimum atomic E-state index is -4.52. The van der Waals surface area contributed by atoms with Crippen LogP contribution in [0.3, 0.4) is 0 Å². The monoisotopic (exact) mass is 409 g/mol. The van der Waals surface area contributed by atoms with Gasteiger partial charge in [0.1, 0.15) is 5.69 Å². The van der Waals surface area contributed by atoms with E-state index < -0.39 is 11.9 Å². The van der Waals surface area contributed by atoms with Gasteiger partial charge in [-0.2, -0.15) is 18.3 Å². The van der Waals surface area contributed by atoms with E-state index in [-0.39, 0.29) is 11.9 Å². The van der Waals surface area contributed by atoms with Gasteiger partial charge in [-0.25, -0.2) is 9.67 Å². The van der Waals surface area contributed by atoms with Crippen LogP contribution in [0.15, 0.2) is 60.8 Å². The van der Waals surface area contributed by atoms with Gasteiger partial charge in [-0.15, -0.1) is 0 Å². The number of halogens is 3. The Bertz CT molecular complexity index is 1230. The Morgan fingerprint density at radius 1 is 1.00 bits per heavy atom. The lowest BCUT2D eigenvalue weighted by molar-refractivity contribution is -0.141. The van der Waals surface area contributed by atoms with Crippen molar-refractivity contribution >= 4 is 10.9 Å². The summed E-state index contributed by atoms with van der Waals surface area (Å²) in [5.74, 6) is 0.595. The maximum atomic E-state index is 13.1. The molecule has 30 heavy (non-hydrogen) atoms. The normalized spacial score (nSPS) is 15.5. The maximum Gasteiger partial charge on any atom is 0.433 e. The zero-order valence-corrected chi connectivity index (χ0v) is 15.8. The number of hydrogen-bond acceptors (Lipinski definition) is 4. The standard InChI is InChI=1S/C22H18F3N5/c23-22(24,25)19-5-2-6-20(29-19)30-18-11-14(9-10-15(18)12-27-30)16-3-1-4-17(28-16)21(26)13-7-8-13/h1-6,9-13,21H,7-8,26H2. The summed E-state index contributed by atoms with van der Waals surface area (Å²) in [7, 11) is 0. The van der Waals surface area contributed by atoms with Crippen LogP contribution in [0.25, 0.3) is 28.0 Å². The number of hydrogen-bond donors (Lipinski definition) is 1. The first kappa shape index (κ1) is 18.7. The van der Waals surface area contributed by atoms with E-state index in [2.05, 4.69) is 10.1 Å². The molecule has 1 aromatic carbocycles. The summed E-state index contributed by atoms with van der Waals surface area (Å²) < 4.78 is 40.6. The molecule has 2 N–H and O–H groups in total. The number of pyridine rings is 2. The van der Waals surface area contributed by atoms with E-state index in [0.29, 0.717) is 11.4 Å². The van der Waals surface area contributed by atoms with Gasteiger partial charge in [-0.3, -0.25) is 4.98 Å². The Hall–Kier alpha value is -3.26. The third-order valence-corrected chi connectivity index (χ3v) is 5.35. The maximum absolute atomic E-state index is 13.1. The van der Waals surface area contributed by atoms with Gasteiger partial charge in [0.25, 0.3) is 0 Å². The number of benzene rings is 1. The molecule has 8 heteroatoms. The van der Waals surface area contributed by atoms with E-state index in [4.69, 9.17) is 10.7 Å². The summed E-state index contributed by atoms with van der Waals surface area (Å²) in [5.41, 5.74) is 8.43. The molecule has 1 aliphatic rings. The highest BCUT2D eigenvalue weighted by Gasteiger charge is 2.33. The predicted octanol–water partition coefficient (Wildman–Crippen LogP) is 4.91. The number of aromatic nitrogens is 4. The van der Waals surface area contributed by atoms with Gasteiger partial charge in [0.15, 0.2) is 5.82 Å². The first-order valence-electron chi connectivity index (χ1n) is 9.65. The second-order valence-corrected chi connectivity index (χ2v) is 7.52. The summed E-state index contributed by atoms with van der Waals surface area (Å²) >= 11 is 0. The predicted molar refractivity (Wildman–Crippen MR) is 107 cm³/mol. The molecule has 3 heterocycles. The lowest BCUT2D eigenvalue weighted by Gasteiger charge is -2.12. The molecule has 0 saturated heterocycles. The third-order valence-electron chi connectivity index (χ3n) is 5.35. The highest BCUT2D eigenvalue weighted by atomic mass is 19.4. The fourth-order valence-corrected chi connectivity index (χ4v) is 3.55. The van der Waals surface area contributed by atoms with Crippen molar-refractivity contribution in [3.8, 4) is 17.1 Å². The van der Waals surface area contributed by atoms with Crippen LogP contribution in [-0.2, 0) is 6.18 Å². The van der Waals surface area contributed by atoms with Gasteiger partial charge in [-0.1, -0.05) is 24.3 Å². The Balaban J connectivity index is 1.57. The Labute approximate surface area is 170 Å². The van der Waals surface area contributed by atoms with E-state index >= 15 is 0 Å². The van der Waals surface area contributed by atoms with Gasteiger partial charge in [0, 0.05) is 17.0 Å². The number of rotatable bonds is 4. The Kier molecular flexibility index (Phi) is 4.32. The largest absolute Gasteiger partial charge is 0.433 e. The van der Waals surface area contributed by atoms with Crippen molar-refractivity contribution in [2.45, 2.75) is 25.1 Å². The molecule has 0 aliphatic heterocycles. The first-order chi connectivity index (χ1) is 14.4. The van der Waals surface area contributed by atoms with Crippen LogP contribution < -0.4 is 5.73 Å². The summed E-state index contributed by atoms with van der Waals surface area (Å²) in [6.07, 6.45) is -0.660. The molecule has 4 aromatic rings. The van der Waals surface area contributed by atoms with Crippen molar-refractivity contribution in [3.63, 3.8) is 0 Å². The Morgan fingerprint density at radius 3 is 2.57 bits per heavy atom. The van der Waals surface area contributed by atoms with Gasteiger partial charge in [0.05, 0.1) is 23.1 Å². The van der Waals surface area contributed by atoms with Crippen molar-refractivity contribution < 1.29 is 13.2 Å². The average Bonchev–Trinajstić information content (AvgIpc) is 3.51. The van der Waals surface area contributed by atoms with Crippen LogP contribution in [0.2, 0.25) is 0 Å². The average molecular weight is 409 g/mol. The summed E-state index contributed by atoms with van der Waals surface area (Å²) in [6.45, 7) is 0. The highest BCUT2D eigenvalue weighted by molar-refractivity contribution is 5.84. The van der Waals surface area contributed by atoms with E-state index in [1.807, 2.05) is 36.4 Å². The zero-order valence-electron chi connectivity index (χ0n) is 15.8. The fourth-order valence-electron chi connectivity index (χ4n) is 3.55. The van der Waals surface area contributed by atoms with Crippen LogP contribution >= 0.6 is 0 Å². The van der Waals surface area contributed by atoms with Crippen LogP contribution in [0.1, 0.15) is 30.3 Å². The van der Waals surface area contributed by atoms with E-state index in [9.17, 15) is 13.2 Å². The van der Waals surface area contributed by atoms with Crippen molar-refractivity contribution in [1.29, 1.82) is 0 Å². The summed E-state index contributed by atoms with van der Waals surface area (Å²) in [5, 5.41) is 5.04. The second kappa shape index (κ2) is 6.91. The van der Waals surface area contributed by atoms with Crippen molar-refractivity contribution in [2.75, 3.05) is 0 Å². The molecule has 1 fully saturated rings. The van der Waals surface area contributed by atoms with Crippen LogP contribution in [0.4, 0.5) is 13.2 Å². The van der Waals surface area contributed by atoms with Crippen molar-refractivity contribution in [1.82, 2.24) is 19.7 Å². The van der Waals surface area contributed by atoms with E-state index in [1.54, 1.807) is 6.20 Å². The lowest BCUT2D eigenvalue weighted by Crippen LogP contribution is -2.14. The Morgan fingerprint density at radius 2 is 1.80 bits per heavy atom. The minimum Gasteiger partial charge on any atom is -0.322 e. The lowest BCUT2D eigenvalue weighted by atomic mass is 10.1. The molecule has 0 bridgehead atoms. The molecular weight excluding hydrogens is 391 g/mol. The van der Waals surface area contributed by atoms with Crippen molar-refractivity contribution in [3.05, 3.63) is 72.2 Å². The number of fused-ring (bicyclic) bond motifs is 1. The van der Waals surface area contributed by atoms with Gasteiger partial charge >= 0.3 is 6.18 Å².